The summed E-state index contributed by atoms with van der Waals surface area (Å²) in [5, 5.41) is 2.42. The van der Waals surface area contributed by atoms with E-state index in [1.54, 1.807) is 6.92 Å². The third-order valence-corrected chi connectivity index (χ3v) is 1.17. The summed E-state index contributed by atoms with van der Waals surface area (Å²) in [6.45, 7) is 2.97. The van der Waals surface area contributed by atoms with Crippen LogP contribution in [0.15, 0.2) is 0 Å². The van der Waals surface area contributed by atoms with Crippen LogP contribution in [0.2, 0.25) is 0 Å². The van der Waals surface area contributed by atoms with Gasteiger partial charge in [0.05, 0.1) is 12.6 Å². The number of carbonyl (C=O) groups is 2. The number of ketones is 1. The highest BCUT2D eigenvalue weighted by Gasteiger charge is 2.08. The van der Waals surface area contributed by atoms with Crippen molar-refractivity contribution in [2.45, 2.75) is 19.9 Å². The van der Waals surface area contributed by atoms with Gasteiger partial charge in [-0.15, -0.1) is 0 Å². The minimum atomic E-state index is -0.420. The molecule has 4 nitrogen and oxygen atoms in total. The fraction of sp³-hybridized carbons (Fsp3) is 0.667. The second kappa shape index (κ2) is 4.00. The average Bonchev–Trinajstić information content (AvgIpc) is 1.87. The zero-order chi connectivity index (χ0) is 8.15. The first-order valence-corrected chi connectivity index (χ1v) is 3.07. The van der Waals surface area contributed by atoms with Gasteiger partial charge in [-0.2, -0.15) is 0 Å². The van der Waals surface area contributed by atoms with Crippen LogP contribution in [0, 0.1) is 0 Å². The van der Waals surface area contributed by atoms with E-state index in [0.717, 1.165) is 0 Å². The van der Waals surface area contributed by atoms with Crippen molar-refractivity contribution in [2.75, 3.05) is 6.54 Å². The van der Waals surface area contributed by atoms with E-state index in [-0.39, 0.29) is 18.2 Å². The molecule has 0 aromatic rings. The molecule has 0 aliphatic rings. The number of nitrogens with two attached hydrogens (primary N) is 1. The maximum Gasteiger partial charge on any atom is 0.234 e. The van der Waals surface area contributed by atoms with Gasteiger partial charge in [-0.1, -0.05) is 0 Å². The molecule has 0 saturated carbocycles. The molecule has 3 N–H and O–H groups in total. The first-order valence-electron chi connectivity index (χ1n) is 3.07. The van der Waals surface area contributed by atoms with Gasteiger partial charge in [-0.25, -0.2) is 0 Å². The number of nitrogens with one attached hydrogen (secondary N) is 1. The molecule has 0 spiro atoms. The van der Waals surface area contributed by atoms with Crippen molar-refractivity contribution in [3.05, 3.63) is 0 Å². The van der Waals surface area contributed by atoms with Gasteiger partial charge in [-0.3, -0.25) is 9.59 Å². The molecule has 1 atom stereocenters. The molecule has 0 rings (SSSR count). The Labute approximate surface area is 59.8 Å². The number of hydrogen-bond acceptors (Lipinski definition) is 3. The summed E-state index contributed by atoms with van der Waals surface area (Å²) in [6, 6.07) is -0.420. The van der Waals surface area contributed by atoms with Gasteiger partial charge in [0.25, 0.3) is 0 Å². The molecular weight excluding hydrogens is 132 g/mol. The molecule has 0 aliphatic heterocycles. The molecule has 0 heterocycles. The van der Waals surface area contributed by atoms with Gasteiger partial charge in [-0.05, 0) is 13.8 Å². The van der Waals surface area contributed by atoms with Crippen LogP contribution in [0.1, 0.15) is 13.8 Å². The summed E-state index contributed by atoms with van der Waals surface area (Å²) in [5.74, 6) is -0.371. The number of amides is 1. The van der Waals surface area contributed by atoms with E-state index in [0.29, 0.717) is 0 Å². The van der Waals surface area contributed by atoms with Crippen LogP contribution < -0.4 is 11.1 Å². The fourth-order valence-electron chi connectivity index (χ4n) is 0.402. The Morgan fingerprint density at radius 1 is 1.60 bits per heavy atom. The van der Waals surface area contributed by atoms with Crippen molar-refractivity contribution in [2.24, 2.45) is 5.73 Å². The molecule has 58 valence electrons. The quantitative estimate of drug-likeness (QED) is 0.535. The lowest BCUT2D eigenvalue weighted by molar-refractivity contribution is -0.125. The van der Waals surface area contributed by atoms with Gasteiger partial charge < -0.3 is 11.1 Å². The SMILES string of the molecule is CC(=O)[C@H](C)NC(=O)CN. The maximum atomic E-state index is 10.5. The van der Waals surface area contributed by atoms with Crippen LogP contribution in [0.4, 0.5) is 0 Å². The van der Waals surface area contributed by atoms with E-state index in [4.69, 9.17) is 5.73 Å². The Bertz CT molecular complexity index is 145. The molecule has 0 bridgehead atoms. The molecule has 0 fully saturated rings. The lowest BCUT2D eigenvalue weighted by atomic mass is 10.2. The highest BCUT2D eigenvalue weighted by atomic mass is 16.2. The van der Waals surface area contributed by atoms with Crippen molar-refractivity contribution in [3.8, 4) is 0 Å². The first kappa shape index (κ1) is 9.10. The fourth-order valence-corrected chi connectivity index (χ4v) is 0.402. The molecule has 0 aromatic heterocycles. The van der Waals surface area contributed by atoms with Gasteiger partial charge in [0.2, 0.25) is 5.91 Å². The predicted octanol–water partition coefficient (Wildman–Crippen LogP) is -0.961. The summed E-state index contributed by atoms with van der Waals surface area (Å²) in [5.41, 5.74) is 5.00. The van der Waals surface area contributed by atoms with Crippen LogP contribution in [0.3, 0.4) is 0 Å². The van der Waals surface area contributed by atoms with Crippen LogP contribution in [0.5, 0.6) is 0 Å². The summed E-state index contributed by atoms with van der Waals surface area (Å²) in [7, 11) is 0. The average molecular weight is 144 g/mol. The van der Waals surface area contributed by atoms with E-state index in [2.05, 4.69) is 5.32 Å². The molecule has 0 unspecified atom stereocenters. The van der Waals surface area contributed by atoms with Crippen molar-refractivity contribution < 1.29 is 9.59 Å². The Hall–Kier alpha value is -0.900. The molecule has 0 aromatic carbocycles. The highest BCUT2D eigenvalue weighted by Crippen LogP contribution is 1.81. The molecule has 10 heavy (non-hydrogen) atoms. The van der Waals surface area contributed by atoms with Crippen LogP contribution in [-0.4, -0.2) is 24.3 Å². The lowest BCUT2D eigenvalue weighted by Crippen LogP contribution is -2.40. The highest BCUT2D eigenvalue weighted by molar-refractivity contribution is 5.87. The van der Waals surface area contributed by atoms with Crippen molar-refractivity contribution in [1.29, 1.82) is 0 Å². The Kier molecular flexibility index (Phi) is 3.64. The summed E-state index contributed by atoms with van der Waals surface area (Å²) < 4.78 is 0. The van der Waals surface area contributed by atoms with Crippen LogP contribution in [0.25, 0.3) is 0 Å². The van der Waals surface area contributed by atoms with Gasteiger partial charge >= 0.3 is 0 Å². The van der Waals surface area contributed by atoms with E-state index >= 15 is 0 Å². The van der Waals surface area contributed by atoms with Gasteiger partial charge in [0.1, 0.15) is 0 Å². The summed E-state index contributed by atoms with van der Waals surface area (Å²) in [6.07, 6.45) is 0. The standard InChI is InChI=1S/C6H12N2O2/c1-4(5(2)9)8-6(10)3-7/h4H,3,7H2,1-2H3,(H,8,10)/t4-/m0/s1. The Morgan fingerprint density at radius 2 is 2.10 bits per heavy atom. The smallest absolute Gasteiger partial charge is 0.234 e. The van der Waals surface area contributed by atoms with Crippen molar-refractivity contribution in [1.82, 2.24) is 5.32 Å². The second-order valence-corrected chi connectivity index (χ2v) is 2.10. The third kappa shape index (κ3) is 3.19. The van der Waals surface area contributed by atoms with Gasteiger partial charge in [0.15, 0.2) is 5.78 Å². The Balaban J connectivity index is 3.68. The van der Waals surface area contributed by atoms with Gasteiger partial charge in [0, 0.05) is 0 Å². The molecule has 4 heteroatoms. The minimum absolute atomic E-state index is 0.0678. The number of Topliss-reactive ketones (excluding diaryl/α,β-unsaturated/α-hetero) is 1. The largest absolute Gasteiger partial charge is 0.345 e. The van der Waals surface area contributed by atoms with Crippen LogP contribution in [-0.2, 0) is 9.59 Å². The molecule has 1 amide bonds. The topological polar surface area (TPSA) is 72.2 Å². The summed E-state index contributed by atoms with van der Waals surface area (Å²) >= 11 is 0. The molecular formula is C6H12N2O2. The number of carbonyl (C=O) groups excluding carboxylic acids is 2. The predicted molar refractivity (Wildman–Crippen MR) is 37.3 cm³/mol. The zero-order valence-corrected chi connectivity index (χ0v) is 6.18. The van der Waals surface area contributed by atoms with E-state index in [9.17, 15) is 9.59 Å². The van der Waals surface area contributed by atoms with E-state index in [1.807, 2.05) is 0 Å². The molecule has 0 radical (unpaired) electrons. The third-order valence-electron chi connectivity index (χ3n) is 1.17. The molecule has 0 aliphatic carbocycles. The minimum Gasteiger partial charge on any atom is -0.345 e. The first-order chi connectivity index (χ1) is 4.57. The van der Waals surface area contributed by atoms with Crippen molar-refractivity contribution in [3.63, 3.8) is 0 Å². The number of rotatable bonds is 3. The van der Waals surface area contributed by atoms with Crippen LogP contribution >= 0.6 is 0 Å². The normalized spacial score (nSPS) is 12.3. The zero-order valence-electron chi connectivity index (χ0n) is 6.18. The van der Waals surface area contributed by atoms with E-state index < -0.39 is 6.04 Å². The van der Waals surface area contributed by atoms with E-state index in [1.165, 1.54) is 6.92 Å². The van der Waals surface area contributed by atoms with Crippen molar-refractivity contribution >= 4 is 11.7 Å². The number of hydrogen-bond donors (Lipinski definition) is 2. The second-order valence-electron chi connectivity index (χ2n) is 2.10. The maximum absolute atomic E-state index is 10.5. The Morgan fingerprint density at radius 3 is 2.40 bits per heavy atom. The molecule has 0 saturated heterocycles. The summed E-state index contributed by atoms with van der Waals surface area (Å²) in [4.78, 5) is 21.1. The monoisotopic (exact) mass is 144 g/mol. The lowest BCUT2D eigenvalue weighted by Gasteiger charge is -2.07.